The van der Waals surface area contributed by atoms with E-state index in [1.807, 2.05) is 0 Å². The molecule has 1 unspecified atom stereocenters. The van der Waals surface area contributed by atoms with Gasteiger partial charge in [0.05, 0.1) is 6.10 Å². The summed E-state index contributed by atoms with van der Waals surface area (Å²) in [5, 5.41) is 9.70. The third kappa shape index (κ3) is 12.3. The Labute approximate surface area is 101 Å². The molecule has 0 bridgehead atoms. The van der Waals surface area contributed by atoms with Gasteiger partial charge in [-0.25, -0.2) is 0 Å². The van der Waals surface area contributed by atoms with Crippen LogP contribution in [0.3, 0.4) is 0 Å². The molecule has 0 saturated carbocycles. The highest BCUT2D eigenvalue weighted by Gasteiger charge is 2.02. The molecule has 3 heteroatoms. The lowest BCUT2D eigenvalue weighted by molar-refractivity contribution is 0.148. The summed E-state index contributed by atoms with van der Waals surface area (Å²) in [7, 11) is 4.38. The van der Waals surface area contributed by atoms with Gasteiger partial charge in [-0.3, -0.25) is 0 Å². The van der Waals surface area contributed by atoms with Gasteiger partial charge in [-0.2, -0.15) is 0 Å². The molecule has 0 aliphatic rings. The summed E-state index contributed by atoms with van der Waals surface area (Å²) in [5.74, 6) is 0. The average Bonchev–Trinajstić information content (AvgIpc) is 2.24. The van der Waals surface area contributed by atoms with Gasteiger partial charge < -0.3 is 5.11 Å². The van der Waals surface area contributed by atoms with Gasteiger partial charge in [0.25, 0.3) is 0 Å². The Bertz CT molecular complexity index is 120. The zero-order valence-electron chi connectivity index (χ0n) is 10.1. The molecule has 0 saturated heterocycles. The van der Waals surface area contributed by atoms with Crippen LogP contribution in [0.4, 0.5) is 0 Å². The third-order valence-corrected chi connectivity index (χ3v) is 4.08. The molecule has 1 nitrogen and oxygen atoms in total. The molecule has 0 aromatic carbocycles. The molecule has 1 N–H and O–H groups in total. The van der Waals surface area contributed by atoms with Gasteiger partial charge in [0.1, 0.15) is 0 Å². The van der Waals surface area contributed by atoms with E-state index in [9.17, 15) is 5.11 Å². The second kappa shape index (κ2) is 12.5. The lowest BCUT2D eigenvalue weighted by Gasteiger charge is -2.09. The van der Waals surface area contributed by atoms with E-state index in [2.05, 4.69) is 16.7 Å². The van der Waals surface area contributed by atoms with E-state index in [4.69, 9.17) is 0 Å². The lowest BCUT2D eigenvalue weighted by atomic mass is 10.0. The van der Waals surface area contributed by atoms with E-state index in [0.29, 0.717) is 0 Å². The van der Waals surface area contributed by atoms with E-state index in [0.717, 1.165) is 21.9 Å². The summed E-state index contributed by atoms with van der Waals surface area (Å²) in [4.78, 5) is 0. The van der Waals surface area contributed by atoms with Crippen LogP contribution in [0, 0.1) is 0 Å². The fraction of sp³-hybridized carbons (Fsp3) is 1.00. The fourth-order valence-corrected chi connectivity index (χ4v) is 2.68. The number of aliphatic hydroxyl groups excluding tert-OH is 1. The Hall–Kier alpha value is 0.394. The predicted octanol–water partition coefficient (Wildman–Crippen LogP) is 3.08. The molecule has 0 aromatic rings. The van der Waals surface area contributed by atoms with Crippen molar-refractivity contribution in [3.8, 4) is 0 Å². The van der Waals surface area contributed by atoms with Crippen molar-refractivity contribution in [2.24, 2.45) is 0 Å². The van der Waals surface area contributed by atoms with Gasteiger partial charge in [-0.15, -0.1) is 0 Å². The van der Waals surface area contributed by atoms with E-state index in [1.54, 1.807) is 0 Å². The highest BCUT2D eigenvalue weighted by molar-refractivity contribution is 6.89. The minimum Gasteiger partial charge on any atom is -0.393 e. The summed E-state index contributed by atoms with van der Waals surface area (Å²) >= 11 is 0. The molecule has 0 aliphatic carbocycles. The van der Waals surface area contributed by atoms with E-state index in [-0.39, 0.29) is 6.10 Å². The van der Waals surface area contributed by atoms with Gasteiger partial charge in [0.2, 0.25) is 0 Å². The first-order valence-corrected chi connectivity index (χ1v) is 9.09. The quantitative estimate of drug-likeness (QED) is 0.435. The highest BCUT2D eigenvalue weighted by Crippen LogP contribution is 2.11. The first kappa shape index (κ1) is 15.4. The van der Waals surface area contributed by atoms with Crippen molar-refractivity contribution in [2.45, 2.75) is 76.9 Å². The summed E-state index contributed by atoms with van der Waals surface area (Å²) in [6, 6.07) is 1.26. The van der Waals surface area contributed by atoms with Crippen LogP contribution in [0.5, 0.6) is 0 Å². The van der Waals surface area contributed by atoms with E-state index in [1.165, 1.54) is 51.0 Å². The van der Waals surface area contributed by atoms with E-state index < -0.39 is 0 Å². The van der Waals surface area contributed by atoms with Crippen LogP contribution in [0.1, 0.15) is 64.7 Å². The van der Waals surface area contributed by atoms with Gasteiger partial charge in [0, 0.05) is 18.8 Å². The van der Waals surface area contributed by atoms with Crippen molar-refractivity contribution in [1.82, 2.24) is 0 Å². The fourth-order valence-electron chi connectivity index (χ4n) is 1.72. The van der Waals surface area contributed by atoms with Crippen LogP contribution in [-0.2, 0) is 0 Å². The van der Waals surface area contributed by atoms with Crippen molar-refractivity contribution in [2.75, 3.05) is 0 Å². The maximum absolute atomic E-state index is 9.70. The second-order valence-corrected chi connectivity index (χ2v) is 6.19. The van der Waals surface area contributed by atoms with Gasteiger partial charge in [0.15, 0.2) is 0 Å². The number of hydrogen-bond donors (Lipinski definition) is 1. The Morgan fingerprint density at radius 1 is 1.00 bits per heavy atom. The van der Waals surface area contributed by atoms with Gasteiger partial charge in [-0.05, 0) is 12.8 Å². The van der Waals surface area contributed by atoms with Crippen LogP contribution in [0.25, 0.3) is 0 Å². The van der Waals surface area contributed by atoms with Crippen molar-refractivity contribution < 1.29 is 5.11 Å². The number of aliphatic hydroxyl groups is 1. The second-order valence-electron chi connectivity index (χ2n) is 4.28. The number of rotatable bonds is 11. The lowest BCUT2D eigenvalue weighted by Crippen LogP contribution is -2.06. The first-order valence-electron chi connectivity index (χ1n) is 6.39. The monoisotopic (exact) mass is 241 g/mol. The standard InChI is InChI=1S/C12H25OSi2/c1-2-3-4-5-6-9-12(13)10-7-8-11-15-14/h12-13H,2-11H2,1H3. The SMILES string of the molecule is CCCCCCCC(O)CCCC[Si][Si]. The molecule has 0 heterocycles. The maximum atomic E-state index is 9.70. The van der Waals surface area contributed by atoms with Crippen molar-refractivity contribution in [3.63, 3.8) is 0 Å². The first-order chi connectivity index (χ1) is 7.31. The molecule has 87 valence electrons. The molecule has 0 fully saturated rings. The summed E-state index contributed by atoms with van der Waals surface area (Å²) in [6.07, 6.45) is 10.9. The zero-order valence-corrected chi connectivity index (χ0v) is 12.1. The van der Waals surface area contributed by atoms with Gasteiger partial charge in [-0.1, -0.05) is 57.9 Å². The Morgan fingerprint density at radius 3 is 2.20 bits per heavy atom. The minimum absolute atomic E-state index is 0.0373. The zero-order chi connectivity index (χ0) is 11.4. The average molecular weight is 242 g/mol. The maximum Gasteiger partial charge on any atom is 0.0540 e. The number of unbranched alkanes of at least 4 members (excludes halogenated alkanes) is 5. The summed E-state index contributed by atoms with van der Waals surface area (Å²) < 4.78 is 0. The van der Waals surface area contributed by atoms with Crippen molar-refractivity contribution in [3.05, 3.63) is 0 Å². The summed E-state index contributed by atoms with van der Waals surface area (Å²) in [6.45, 7) is 2.24. The topological polar surface area (TPSA) is 20.2 Å². The highest BCUT2D eigenvalue weighted by atomic mass is 29.1. The summed E-state index contributed by atoms with van der Waals surface area (Å²) in [5.41, 5.74) is 0. The van der Waals surface area contributed by atoms with Crippen molar-refractivity contribution >= 4 is 18.8 Å². The van der Waals surface area contributed by atoms with E-state index >= 15 is 0 Å². The Kier molecular flexibility index (Phi) is 12.8. The predicted molar refractivity (Wildman–Crippen MR) is 69.5 cm³/mol. The third-order valence-electron chi connectivity index (χ3n) is 2.73. The number of hydrogen-bond acceptors (Lipinski definition) is 1. The molecule has 1 atom stereocenters. The Morgan fingerprint density at radius 2 is 1.60 bits per heavy atom. The van der Waals surface area contributed by atoms with Crippen LogP contribution in [0.15, 0.2) is 0 Å². The van der Waals surface area contributed by atoms with Crippen LogP contribution in [0.2, 0.25) is 6.04 Å². The molecule has 15 heavy (non-hydrogen) atoms. The smallest absolute Gasteiger partial charge is 0.0540 e. The molecular weight excluding hydrogens is 216 g/mol. The molecule has 0 rings (SSSR count). The van der Waals surface area contributed by atoms with Crippen molar-refractivity contribution in [1.29, 1.82) is 0 Å². The molecule has 0 amide bonds. The normalized spacial score (nSPS) is 13.0. The molecule has 5 radical (unpaired) electrons. The van der Waals surface area contributed by atoms with Gasteiger partial charge >= 0.3 is 0 Å². The molecule has 0 spiro atoms. The van der Waals surface area contributed by atoms with Crippen LogP contribution in [-0.4, -0.2) is 30.0 Å². The minimum atomic E-state index is -0.0373. The largest absolute Gasteiger partial charge is 0.393 e. The van der Waals surface area contributed by atoms with Crippen LogP contribution < -0.4 is 0 Å². The van der Waals surface area contributed by atoms with Crippen LogP contribution >= 0.6 is 0 Å². The molecular formula is C12H25OSi2. The molecule has 0 aromatic heterocycles. The Balaban J connectivity index is 3.08. The molecule has 0 aliphatic heterocycles.